The summed E-state index contributed by atoms with van der Waals surface area (Å²) in [7, 11) is 0. The number of alkyl halides is 3. The number of carbonyl (C=O) groups excluding carboxylic acids is 1. The second-order valence-electron chi connectivity index (χ2n) is 6.79. The molecule has 0 aliphatic carbocycles. The number of aromatic amines is 1. The minimum atomic E-state index is -4.55. The summed E-state index contributed by atoms with van der Waals surface area (Å²) in [5.41, 5.74) is 7.67. The number of rotatable bonds is 6. The van der Waals surface area contributed by atoms with Crippen LogP contribution in [-0.4, -0.2) is 21.9 Å². The van der Waals surface area contributed by atoms with E-state index in [0.717, 1.165) is 5.56 Å². The Kier molecular flexibility index (Phi) is 7.26. The molecule has 0 fully saturated rings. The Morgan fingerprint density at radius 2 is 1.86 bits per heavy atom. The van der Waals surface area contributed by atoms with Gasteiger partial charge < -0.3 is 16.0 Å². The van der Waals surface area contributed by atoms with Crippen molar-refractivity contribution in [3.05, 3.63) is 65.5 Å². The number of amides is 1. The van der Waals surface area contributed by atoms with Crippen LogP contribution in [0.1, 0.15) is 42.8 Å². The molecule has 29 heavy (non-hydrogen) atoms. The number of H-pyrrole nitrogens is 1. The normalized spacial score (nSPS) is 13.6. The Bertz CT molecular complexity index is 957. The maximum Gasteiger partial charge on any atom is 0.449 e. The van der Waals surface area contributed by atoms with Gasteiger partial charge in [0.25, 0.3) is 0 Å². The van der Waals surface area contributed by atoms with Gasteiger partial charge in [-0.25, -0.2) is 4.98 Å². The highest BCUT2D eigenvalue weighted by molar-refractivity contribution is 5.85. The highest BCUT2D eigenvalue weighted by atomic mass is 35.5. The second kappa shape index (κ2) is 9.28. The van der Waals surface area contributed by atoms with E-state index in [9.17, 15) is 18.0 Å². The zero-order valence-corrected chi connectivity index (χ0v) is 16.5. The minimum absolute atomic E-state index is 0. The summed E-state index contributed by atoms with van der Waals surface area (Å²) in [5, 5.41) is 2.96. The van der Waals surface area contributed by atoms with E-state index in [4.69, 9.17) is 5.73 Å². The van der Waals surface area contributed by atoms with Crippen LogP contribution in [0.3, 0.4) is 0 Å². The number of fused-ring (bicyclic) bond motifs is 1. The van der Waals surface area contributed by atoms with E-state index < -0.39 is 18.0 Å². The molecule has 2 atom stereocenters. The van der Waals surface area contributed by atoms with Crippen molar-refractivity contribution in [2.45, 2.75) is 38.0 Å². The zero-order valence-electron chi connectivity index (χ0n) is 15.7. The quantitative estimate of drug-likeness (QED) is 0.548. The topological polar surface area (TPSA) is 83.8 Å². The van der Waals surface area contributed by atoms with E-state index in [-0.39, 0.29) is 41.8 Å². The molecule has 9 heteroatoms. The van der Waals surface area contributed by atoms with Gasteiger partial charge in [0.05, 0.1) is 17.1 Å². The molecule has 0 saturated carbocycles. The largest absolute Gasteiger partial charge is 0.449 e. The molecule has 0 radical (unpaired) electrons. The molecule has 1 aromatic heterocycles. The Morgan fingerprint density at radius 1 is 1.17 bits per heavy atom. The van der Waals surface area contributed by atoms with Crippen LogP contribution in [0.25, 0.3) is 11.0 Å². The number of imidazole rings is 1. The molecular formula is C20H22ClF3N4O. The molecule has 3 rings (SSSR count). The molecule has 0 aliphatic heterocycles. The Hall–Kier alpha value is -2.58. The molecule has 1 heterocycles. The van der Waals surface area contributed by atoms with Gasteiger partial charge in [-0.05, 0) is 36.6 Å². The predicted octanol–water partition coefficient (Wildman–Crippen LogP) is 4.34. The third kappa shape index (κ3) is 5.71. The summed E-state index contributed by atoms with van der Waals surface area (Å²) in [6.07, 6.45) is -3.74. The average molecular weight is 427 g/mol. The molecule has 0 saturated heterocycles. The summed E-state index contributed by atoms with van der Waals surface area (Å²) in [6.45, 7) is 1.83. The van der Waals surface area contributed by atoms with Crippen molar-refractivity contribution in [1.29, 1.82) is 0 Å². The Morgan fingerprint density at radius 3 is 2.48 bits per heavy atom. The van der Waals surface area contributed by atoms with Crippen LogP contribution in [0.4, 0.5) is 13.2 Å². The first-order chi connectivity index (χ1) is 13.2. The van der Waals surface area contributed by atoms with Crippen molar-refractivity contribution in [3.8, 4) is 0 Å². The van der Waals surface area contributed by atoms with Crippen LogP contribution in [0.5, 0.6) is 0 Å². The molecule has 156 valence electrons. The van der Waals surface area contributed by atoms with Crippen molar-refractivity contribution in [3.63, 3.8) is 0 Å². The monoisotopic (exact) mass is 426 g/mol. The van der Waals surface area contributed by atoms with Gasteiger partial charge in [0.15, 0.2) is 0 Å². The molecule has 5 nitrogen and oxygen atoms in total. The van der Waals surface area contributed by atoms with Crippen LogP contribution in [0.15, 0.2) is 48.5 Å². The van der Waals surface area contributed by atoms with Gasteiger partial charge in [-0.3, -0.25) is 4.79 Å². The Balaban J connectivity index is 0.00000300. The summed E-state index contributed by atoms with van der Waals surface area (Å²) in [6, 6.07) is 13.4. The fourth-order valence-corrected chi connectivity index (χ4v) is 2.94. The van der Waals surface area contributed by atoms with Gasteiger partial charge in [-0.15, -0.1) is 12.4 Å². The van der Waals surface area contributed by atoms with Gasteiger partial charge in [-0.2, -0.15) is 13.2 Å². The molecule has 1 amide bonds. The first-order valence-corrected chi connectivity index (χ1v) is 8.91. The Labute approximate surface area is 172 Å². The highest BCUT2D eigenvalue weighted by Crippen LogP contribution is 2.30. The predicted molar refractivity (Wildman–Crippen MR) is 108 cm³/mol. The number of nitrogens with one attached hydrogen (secondary N) is 2. The third-order valence-corrected chi connectivity index (χ3v) is 4.37. The standard InChI is InChI=1S/C20H21F3N4O.ClH/c1-12(24)7-10-17(28)27-18(13-5-3-2-4-6-13)14-8-9-15-16(11-14)26-19(25-15)20(21,22)23;/h2-6,8-9,11-12,18H,7,10,24H2,1H3,(H,25,26)(H,27,28);1H. The van der Waals surface area contributed by atoms with Gasteiger partial charge in [0.1, 0.15) is 0 Å². The molecule has 0 bridgehead atoms. The molecule has 0 spiro atoms. The van der Waals surface area contributed by atoms with Crippen molar-refractivity contribution in [1.82, 2.24) is 15.3 Å². The number of benzene rings is 2. The number of halogens is 4. The third-order valence-electron chi connectivity index (χ3n) is 4.37. The van der Waals surface area contributed by atoms with E-state index >= 15 is 0 Å². The number of hydrogen-bond acceptors (Lipinski definition) is 3. The first kappa shape index (κ1) is 22.7. The summed E-state index contributed by atoms with van der Waals surface area (Å²) in [4.78, 5) is 18.3. The molecule has 4 N–H and O–H groups in total. The number of nitrogens with two attached hydrogens (primary N) is 1. The van der Waals surface area contributed by atoms with Crippen LogP contribution in [0.2, 0.25) is 0 Å². The number of hydrogen-bond donors (Lipinski definition) is 3. The molecule has 2 unspecified atom stereocenters. The zero-order chi connectivity index (χ0) is 20.3. The van der Waals surface area contributed by atoms with Crippen molar-refractivity contribution >= 4 is 29.3 Å². The fourth-order valence-electron chi connectivity index (χ4n) is 2.94. The fraction of sp³-hybridized carbons (Fsp3) is 0.300. The van der Waals surface area contributed by atoms with E-state index in [2.05, 4.69) is 15.3 Å². The lowest BCUT2D eigenvalue weighted by Crippen LogP contribution is -2.30. The maximum absolute atomic E-state index is 12.9. The van der Waals surface area contributed by atoms with Crippen molar-refractivity contribution in [2.75, 3.05) is 0 Å². The average Bonchev–Trinajstić information content (AvgIpc) is 3.09. The minimum Gasteiger partial charge on any atom is -0.345 e. The van der Waals surface area contributed by atoms with E-state index in [0.29, 0.717) is 12.0 Å². The highest BCUT2D eigenvalue weighted by Gasteiger charge is 2.34. The molecule has 0 aliphatic rings. The second-order valence-corrected chi connectivity index (χ2v) is 6.79. The van der Waals surface area contributed by atoms with E-state index in [1.165, 1.54) is 6.07 Å². The van der Waals surface area contributed by atoms with Gasteiger partial charge >= 0.3 is 6.18 Å². The number of carbonyl (C=O) groups is 1. The van der Waals surface area contributed by atoms with Gasteiger partial charge in [0.2, 0.25) is 11.7 Å². The van der Waals surface area contributed by atoms with Crippen molar-refractivity contribution < 1.29 is 18.0 Å². The molecular weight excluding hydrogens is 405 g/mol. The lowest BCUT2D eigenvalue weighted by Gasteiger charge is -2.20. The molecule has 2 aromatic carbocycles. The SMILES string of the molecule is CC(N)CCC(=O)NC(c1ccccc1)c1ccc2nc(C(F)(F)F)[nH]c2c1.Cl. The van der Waals surface area contributed by atoms with Crippen LogP contribution in [-0.2, 0) is 11.0 Å². The van der Waals surface area contributed by atoms with E-state index in [1.54, 1.807) is 12.1 Å². The van der Waals surface area contributed by atoms with Gasteiger partial charge in [0, 0.05) is 12.5 Å². The van der Waals surface area contributed by atoms with E-state index in [1.807, 2.05) is 37.3 Å². The first-order valence-electron chi connectivity index (χ1n) is 8.91. The summed E-state index contributed by atoms with van der Waals surface area (Å²) >= 11 is 0. The summed E-state index contributed by atoms with van der Waals surface area (Å²) in [5.74, 6) is -1.22. The number of nitrogens with zero attached hydrogens (tertiary/aromatic N) is 1. The molecule has 3 aromatic rings. The van der Waals surface area contributed by atoms with Crippen LogP contribution < -0.4 is 11.1 Å². The van der Waals surface area contributed by atoms with Crippen LogP contribution in [0, 0.1) is 0 Å². The van der Waals surface area contributed by atoms with Crippen LogP contribution >= 0.6 is 12.4 Å². The smallest absolute Gasteiger partial charge is 0.345 e. The van der Waals surface area contributed by atoms with Gasteiger partial charge in [-0.1, -0.05) is 36.4 Å². The summed E-state index contributed by atoms with van der Waals surface area (Å²) < 4.78 is 38.7. The number of aromatic nitrogens is 2. The maximum atomic E-state index is 12.9. The lowest BCUT2D eigenvalue weighted by molar-refractivity contribution is -0.144. The van der Waals surface area contributed by atoms with Crippen molar-refractivity contribution in [2.24, 2.45) is 5.73 Å². The lowest BCUT2D eigenvalue weighted by atomic mass is 9.98.